The second kappa shape index (κ2) is 8.34. The van der Waals surface area contributed by atoms with E-state index in [1.165, 1.54) is 24.8 Å². The van der Waals surface area contributed by atoms with Gasteiger partial charge in [0.15, 0.2) is 0 Å². The zero-order chi connectivity index (χ0) is 20.3. The topological polar surface area (TPSA) is 62.0 Å². The number of rotatable bonds is 4. The zero-order valence-corrected chi connectivity index (χ0v) is 17.5. The van der Waals surface area contributed by atoms with Crippen LogP contribution in [0.3, 0.4) is 0 Å². The monoisotopic (exact) mass is 380 g/mol. The maximum Gasteiger partial charge on any atom is 0.271 e. The van der Waals surface area contributed by atoms with Gasteiger partial charge in [0.2, 0.25) is 0 Å². The maximum absolute atomic E-state index is 12.6. The molecule has 1 fully saturated rings. The van der Waals surface area contributed by atoms with E-state index in [0.717, 1.165) is 24.3 Å². The Labute approximate surface area is 167 Å². The number of anilines is 1. The number of carbonyl (C=O) groups excluding carboxylic acids is 1. The van der Waals surface area contributed by atoms with Gasteiger partial charge in [0.25, 0.3) is 11.5 Å². The van der Waals surface area contributed by atoms with Crippen molar-refractivity contribution in [1.82, 2.24) is 4.98 Å². The predicted molar refractivity (Wildman–Crippen MR) is 115 cm³/mol. The number of pyridine rings is 1. The van der Waals surface area contributed by atoms with Gasteiger partial charge in [0, 0.05) is 11.8 Å². The first-order valence-corrected chi connectivity index (χ1v) is 10.4. The number of H-pyrrole nitrogens is 1. The molecule has 2 aromatic rings. The van der Waals surface area contributed by atoms with Crippen LogP contribution in [0, 0.1) is 5.92 Å². The van der Waals surface area contributed by atoms with Gasteiger partial charge in [0.1, 0.15) is 5.69 Å². The third-order valence-corrected chi connectivity index (χ3v) is 6.02. The summed E-state index contributed by atoms with van der Waals surface area (Å²) >= 11 is 0. The van der Waals surface area contributed by atoms with Crippen molar-refractivity contribution >= 4 is 11.6 Å². The average Bonchev–Trinajstić information content (AvgIpc) is 2.69. The summed E-state index contributed by atoms with van der Waals surface area (Å²) in [5.41, 5.74) is 2.97. The predicted octanol–water partition coefficient (Wildman–Crippen LogP) is 5.61. The smallest absolute Gasteiger partial charge is 0.271 e. The van der Waals surface area contributed by atoms with Gasteiger partial charge in [-0.2, -0.15) is 0 Å². The Kier molecular flexibility index (Phi) is 6.07. The molecule has 0 saturated heterocycles. The molecular weight excluding hydrogens is 348 g/mol. The van der Waals surface area contributed by atoms with E-state index in [2.05, 4.69) is 38.0 Å². The van der Waals surface area contributed by atoms with Crippen LogP contribution in [0.15, 0.2) is 41.3 Å². The Hall–Kier alpha value is -2.36. The molecular formula is C24H32N2O2. The maximum atomic E-state index is 12.6. The Bertz CT molecular complexity index is 875. The van der Waals surface area contributed by atoms with E-state index < -0.39 is 0 Å². The minimum absolute atomic E-state index is 0.0385. The van der Waals surface area contributed by atoms with Crippen LogP contribution in [0.2, 0.25) is 0 Å². The third kappa shape index (κ3) is 4.73. The molecule has 2 N–H and O–H groups in total. The van der Waals surface area contributed by atoms with Gasteiger partial charge < -0.3 is 10.3 Å². The Balaban J connectivity index is 1.76. The van der Waals surface area contributed by atoms with E-state index in [1.807, 2.05) is 36.5 Å². The number of aromatic amines is 1. The van der Waals surface area contributed by atoms with Crippen molar-refractivity contribution in [2.75, 3.05) is 5.32 Å². The molecule has 1 aromatic heterocycles. The standard InChI is InChI=1S/C24H32N2O2/c1-5-16-7-6-8-18(13-16)19-14-21(23(28)25-15-19)26-22(27)17-9-11-20(12-10-17)24(2,3)4/h9-12,14-16,18H,5-8,13H2,1-4H3,(H,25,28)(H,26,27). The first-order chi connectivity index (χ1) is 13.3. The summed E-state index contributed by atoms with van der Waals surface area (Å²) < 4.78 is 0. The normalized spacial score (nSPS) is 20.0. The molecule has 150 valence electrons. The second-order valence-corrected chi connectivity index (χ2v) is 9.10. The van der Waals surface area contributed by atoms with Crippen LogP contribution in [-0.2, 0) is 5.41 Å². The zero-order valence-electron chi connectivity index (χ0n) is 17.5. The summed E-state index contributed by atoms with van der Waals surface area (Å²) in [6.07, 6.45) is 7.84. The van der Waals surface area contributed by atoms with E-state index in [0.29, 0.717) is 17.2 Å². The third-order valence-electron chi connectivity index (χ3n) is 6.02. The molecule has 0 radical (unpaired) electrons. The van der Waals surface area contributed by atoms with Crippen molar-refractivity contribution in [2.24, 2.45) is 5.92 Å². The van der Waals surface area contributed by atoms with Crippen LogP contribution in [0.5, 0.6) is 0 Å². The van der Waals surface area contributed by atoms with Crippen LogP contribution in [0.4, 0.5) is 5.69 Å². The number of nitrogens with one attached hydrogen (secondary N) is 2. The molecule has 0 aliphatic heterocycles. The first kappa shape index (κ1) is 20.4. The summed E-state index contributed by atoms with van der Waals surface area (Å²) in [5, 5.41) is 2.81. The highest BCUT2D eigenvalue weighted by molar-refractivity contribution is 6.04. The summed E-state index contributed by atoms with van der Waals surface area (Å²) in [4.78, 5) is 27.7. The van der Waals surface area contributed by atoms with Gasteiger partial charge >= 0.3 is 0 Å². The van der Waals surface area contributed by atoms with E-state index in [9.17, 15) is 9.59 Å². The lowest BCUT2D eigenvalue weighted by molar-refractivity contribution is 0.102. The molecule has 4 heteroatoms. The highest BCUT2D eigenvalue weighted by atomic mass is 16.2. The fourth-order valence-corrected chi connectivity index (χ4v) is 4.11. The van der Waals surface area contributed by atoms with Gasteiger partial charge in [-0.1, -0.05) is 59.1 Å². The van der Waals surface area contributed by atoms with Crippen molar-refractivity contribution in [2.45, 2.75) is 71.1 Å². The number of aromatic nitrogens is 1. The molecule has 1 aliphatic carbocycles. The highest BCUT2D eigenvalue weighted by Crippen LogP contribution is 2.37. The van der Waals surface area contributed by atoms with Crippen LogP contribution < -0.4 is 10.9 Å². The molecule has 1 saturated carbocycles. The van der Waals surface area contributed by atoms with Crippen LogP contribution >= 0.6 is 0 Å². The van der Waals surface area contributed by atoms with E-state index in [1.54, 1.807) is 0 Å². The van der Waals surface area contributed by atoms with Crippen LogP contribution in [-0.4, -0.2) is 10.9 Å². The van der Waals surface area contributed by atoms with Gasteiger partial charge in [-0.3, -0.25) is 9.59 Å². The Morgan fingerprint density at radius 2 is 1.89 bits per heavy atom. The second-order valence-electron chi connectivity index (χ2n) is 9.10. The lowest BCUT2D eigenvalue weighted by Gasteiger charge is -2.28. The summed E-state index contributed by atoms with van der Waals surface area (Å²) in [5.74, 6) is 0.959. The molecule has 28 heavy (non-hydrogen) atoms. The van der Waals surface area contributed by atoms with Gasteiger partial charge in [0.05, 0.1) is 0 Å². The largest absolute Gasteiger partial charge is 0.327 e. The van der Waals surface area contributed by atoms with Crippen molar-refractivity contribution in [3.8, 4) is 0 Å². The number of carbonyl (C=O) groups is 1. The molecule has 1 amide bonds. The van der Waals surface area contributed by atoms with E-state index in [-0.39, 0.29) is 16.9 Å². The van der Waals surface area contributed by atoms with Crippen molar-refractivity contribution < 1.29 is 4.79 Å². The summed E-state index contributed by atoms with van der Waals surface area (Å²) in [7, 11) is 0. The molecule has 0 bridgehead atoms. The van der Waals surface area contributed by atoms with Gasteiger partial charge in [-0.15, -0.1) is 0 Å². The molecule has 1 heterocycles. The summed E-state index contributed by atoms with van der Waals surface area (Å²) in [6, 6.07) is 9.45. The number of benzene rings is 1. The minimum Gasteiger partial charge on any atom is -0.327 e. The number of hydrogen-bond acceptors (Lipinski definition) is 2. The SMILES string of the molecule is CCC1CCCC(c2c[nH]c(=O)c(NC(=O)c3ccc(C(C)(C)C)cc3)c2)C1. The molecule has 4 nitrogen and oxygen atoms in total. The first-order valence-electron chi connectivity index (χ1n) is 10.4. The van der Waals surface area contributed by atoms with Gasteiger partial charge in [-0.25, -0.2) is 0 Å². The lowest BCUT2D eigenvalue weighted by Crippen LogP contribution is -2.21. The van der Waals surface area contributed by atoms with Gasteiger partial charge in [-0.05, 0) is 59.4 Å². The number of hydrogen-bond donors (Lipinski definition) is 2. The highest BCUT2D eigenvalue weighted by Gasteiger charge is 2.23. The molecule has 1 aliphatic rings. The van der Waals surface area contributed by atoms with Crippen molar-refractivity contribution in [1.29, 1.82) is 0 Å². The molecule has 0 spiro atoms. The van der Waals surface area contributed by atoms with Crippen molar-refractivity contribution in [3.05, 3.63) is 63.6 Å². The van der Waals surface area contributed by atoms with Crippen LogP contribution in [0.25, 0.3) is 0 Å². The molecule has 2 unspecified atom stereocenters. The Morgan fingerprint density at radius 1 is 1.18 bits per heavy atom. The average molecular weight is 381 g/mol. The fraction of sp³-hybridized carbons (Fsp3) is 0.500. The molecule has 3 rings (SSSR count). The quantitative estimate of drug-likeness (QED) is 0.724. The minimum atomic E-state index is -0.258. The van der Waals surface area contributed by atoms with Crippen LogP contribution in [0.1, 0.15) is 87.2 Å². The van der Waals surface area contributed by atoms with E-state index >= 15 is 0 Å². The Morgan fingerprint density at radius 3 is 2.54 bits per heavy atom. The van der Waals surface area contributed by atoms with Crippen molar-refractivity contribution in [3.63, 3.8) is 0 Å². The fourth-order valence-electron chi connectivity index (χ4n) is 4.11. The summed E-state index contributed by atoms with van der Waals surface area (Å²) in [6.45, 7) is 8.67. The molecule has 2 atom stereocenters. The number of amides is 1. The molecule has 1 aromatic carbocycles. The van der Waals surface area contributed by atoms with E-state index in [4.69, 9.17) is 0 Å². The lowest BCUT2D eigenvalue weighted by atomic mass is 9.77.